The SMILES string of the molecule is CO[C@H]1[C@H](O)[C@@H](COCc2ccc(-c3ccccc3)cc2)OC(OCc2ccc(Cl)cc2)[C@@H]1NC(=O)CCCN=C(N)N. The molecule has 1 heterocycles. The van der Waals surface area contributed by atoms with Crippen molar-refractivity contribution in [1.29, 1.82) is 0 Å². The molecule has 0 aromatic heterocycles. The van der Waals surface area contributed by atoms with Crippen molar-refractivity contribution in [3.05, 3.63) is 95.0 Å². The van der Waals surface area contributed by atoms with E-state index in [1.165, 1.54) is 7.11 Å². The quantitative estimate of drug-likeness (QED) is 0.123. The van der Waals surface area contributed by atoms with Gasteiger partial charge in [-0.25, -0.2) is 0 Å². The fourth-order valence-electron chi connectivity index (χ4n) is 4.82. The molecular weight excluding hydrogens is 572 g/mol. The van der Waals surface area contributed by atoms with Crippen molar-refractivity contribution in [2.24, 2.45) is 16.5 Å². The van der Waals surface area contributed by atoms with E-state index in [4.69, 9.17) is 42.0 Å². The van der Waals surface area contributed by atoms with Crippen LogP contribution < -0.4 is 16.8 Å². The highest BCUT2D eigenvalue weighted by Crippen LogP contribution is 2.26. The number of ether oxygens (including phenoxy) is 4. The Morgan fingerprint density at radius 2 is 1.63 bits per heavy atom. The van der Waals surface area contributed by atoms with Crippen LogP contribution in [0.4, 0.5) is 0 Å². The van der Waals surface area contributed by atoms with Crippen molar-refractivity contribution < 1.29 is 28.8 Å². The van der Waals surface area contributed by atoms with E-state index in [-0.39, 0.29) is 31.5 Å². The Bertz CT molecular complexity index is 1310. The predicted molar refractivity (Wildman–Crippen MR) is 165 cm³/mol. The molecule has 1 fully saturated rings. The van der Waals surface area contributed by atoms with E-state index >= 15 is 0 Å². The fraction of sp³-hybridized carbons (Fsp3) is 0.375. The minimum atomic E-state index is -1.09. The molecule has 3 aromatic rings. The van der Waals surface area contributed by atoms with Crippen LogP contribution in [0.1, 0.15) is 24.0 Å². The molecule has 1 amide bonds. The lowest BCUT2D eigenvalue weighted by molar-refractivity contribution is -0.279. The molecule has 230 valence electrons. The van der Waals surface area contributed by atoms with Gasteiger partial charge in [0.05, 0.1) is 19.8 Å². The second-order valence-electron chi connectivity index (χ2n) is 10.3. The van der Waals surface area contributed by atoms with Crippen LogP contribution in [-0.2, 0) is 37.0 Å². The van der Waals surface area contributed by atoms with Gasteiger partial charge in [-0.05, 0) is 40.8 Å². The number of amides is 1. The van der Waals surface area contributed by atoms with Crippen molar-refractivity contribution in [2.45, 2.75) is 56.7 Å². The van der Waals surface area contributed by atoms with Gasteiger partial charge >= 0.3 is 0 Å². The number of nitrogens with zero attached hydrogens (tertiary/aromatic N) is 1. The smallest absolute Gasteiger partial charge is 0.220 e. The zero-order chi connectivity index (χ0) is 30.6. The van der Waals surface area contributed by atoms with Gasteiger partial charge in [-0.3, -0.25) is 9.79 Å². The molecule has 5 atom stereocenters. The van der Waals surface area contributed by atoms with Gasteiger partial charge in [0.15, 0.2) is 12.2 Å². The molecule has 1 saturated heterocycles. The van der Waals surface area contributed by atoms with Gasteiger partial charge in [0.25, 0.3) is 0 Å². The van der Waals surface area contributed by atoms with Crippen molar-refractivity contribution in [3.8, 4) is 11.1 Å². The molecule has 0 bridgehead atoms. The van der Waals surface area contributed by atoms with Crippen LogP contribution in [0.25, 0.3) is 11.1 Å². The van der Waals surface area contributed by atoms with Gasteiger partial charge < -0.3 is 40.8 Å². The zero-order valence-electron chi connectivity index (χ0n) is 24.1. The van der Waals surface area contributed by atoms with Crippen LogP contribution in [0.3, 0.4) is 0 Å². The third-order valence-electron chi connectivity index (χ3n) is 7.07. The van der Waals surface area contributed by atoms with E-state index in [1.54, 1.807) is 12.1 Å². The summed E-state index contributed by atoms with van der Waals surface area (Å²) in [7, 11) is 1.47. The third-order valence-corrected chi connectivity index (χ3v) is 7.32. The molecule has 1 aliphatic rings. The highest BCUT2D eigenvalue weighted by Gasteiger charge is 2.47. The first kappa shape index (κ1) is 32.4. The predicted octanol–water partition coefficient (Wildman–Crippen LogP) is 3.38. The molecule has 0 saturated carbocycles. The Kier molecular flexibility index (Phi) is 12.3. The number of carbonyl (C=O) groups excluding carboxylic acids is 1. The summed E-state index contributed by atoms with van der Waals surface area (Å²) in [5, 5.41) is 14.7. The Morgan fingerprint density at radius 1 is 0.977 bits per heavy atom. The first-order valence-corrected chi connectivity index (χ1v) is 14.5. The molecule has 0 aliphatic carbocycles. The van der Waals surface area contributed by atoms with Crippen LogP contribution >= 0.6 is 11.6 Å². The standard InChI is InChI=1S/C32H39ClN4O6/c1-40-30-28(37-27(38)8-5-17-36-32(34)35)31(42-19-22-11-15-25(33)16-12-22)43-26(29(30)39)20-41-18-21-9-13-24(14-10-21)23-6-3-2-4-7-23/h2-4,6-7,9-16,26,28-31,39H,5,8,17-20H2,1H3,(H,37,38)(H4,34,35,36)/t26-,28-,29-,30-,31?/m1/s1. The first-order chi connectivity index (χ1) is 20.8. The van der Waals surface area contributed by atoms with Crippen molar-refractivity contribution in [1.82, 2.24) is 5.32 Å². The minimum Gasteiger partial charge on any atom is -0.388 e. The van der Waals surface area contributed by atoms with E-state index in [1.807, 2.05) is 54.6 Å². The maximum atomic E-state index is 12.8. The third kappa shape index (κ3) is 9.75. The van der Waals surface area contributed by atoms with E-state index in [9.17, 15) is 9.90 Å². The molecule has 43 heavy (non-hydrogen) atoms. The average Bonchev–Trinajstić information content (AvgIpc) is 3.01. The number of hydrogen-bond donors (Lipinski definition) is 4. The van der Waals surface area contributed by atoms with Crippen molar-refractivity contribution in [2.75, 3.05) is 20.3 Å². The summed E-state index contributed by atoms with van der Waals surface area (Å²) in [5.74, 6) is -0.306. The van der Waals surface area contributed by atoms with E-state index in [2.05, 4.69) is 22.4 Å². The normalized spacial score (nSPS) is 21.7. The number of benzene rings is 3. The van der Waals surface area contributed by atoms with E-state index in [0.29, 0.717) is 24.6 Å². The average molecular weight is 611 g/mol. The van der Waals surface area contributed by atoms with Gasteiger partial charge in [-0.2, -0.15) is 0 Å². The number of guanidine groups is 1. The van der Waals surface area contributed by atoms with Gasteiger partial charge in [0.1, 0.15) is 24.4 Å². The molecule has 1 unspecified atom stereocenters. The molecular formula is C32H39ClN4O6. The van der Waals surface area contributed by atoms with Crippen molar-refractivity contribution in [3.63, 3.8) is 0 Å². The number of hydrogen-bond acceptors (Lipinski definition) is 7. The second kappa shape index (κ2) is 16.4. The van der Waals surface area contributed by atoms with E-state index in [0.717, 1.165) is 22.3 Å². The molecule has 11 heteroatoms. The van der Waals surface area contributed by atoms with Gasteiger partial charge in [-0.15, -0.1) is 0 Å². The number of aliphatic imine (C=N–C) groups is 1. The number of carbonyl (C=O) groups is 1. The first-order valence-electron chi connectivity index (χ1n) is 14.1. The molecule has 10 nitrogen and oxygen atoms in total. The largest absolute Gasteiger partial charge is 0.388 e. The van der Waals surface area contributed by atoms with Crippen molar-refractivity contribution >= 4 is 23.5 Å². The molecule has 6 N–H and O–H groups in total. The molecule has 0 radical (unpaired) electrons. The summed E-state index contributed by atoms with van der Waals surface area (Å²) >= 11 is 6.02. The summed E-state index contributed by atoms with van der Waals surface area (Å²) in [4.78, 5) is 16.7. The summed E-state index contributed by atoms with van der Waals surface area (Å²) in [6.07, 6.45) is -2.99. The number of methoxy groups -OCH3 is 1. The summed E-state index contributed by atoms with van der Waals surface area (Å²) < 4.78 is 23.9. The monoisotopic (exact) mass is 610 g/mol. The van der Waals surface area contributed by atoms with Crippen LogP contribution in [0.2, 0.25) is 5.02 Å². The van der Waals surface area contributed by atoms with Gasteiger partial charge in [0, 0.05) is 25.1 Å². The summed E-state index contributed by atoms with van der Waals surface area (Å²) in [6, 6.07) is 24.7. The summed E-state index contributed by atoms with van der Waals surface area (Å²) in [5.41, 5.74) is 14.8. The number of rotatable bonds is 14. The zero-order valence-corrected chi connectivity index (χ0v) is 24.9. The molecule has 3 aromatic carbocycles. The Balaban J connectivity index is 1.39. The van der Waals surface area contributed by atoms with Crippen LogP contribution in [0.5, 0.6) is 0 Å². The summed E-state index contributed by atoms with van der Waals surface area (Å²) in [6.45, 7) is 0.914. The highest BCUT2D eigenvalue weighted by atomic mass is 35.5. The lowest BCUT2D eigenvalue weighted by atomic mass is 9.96. The number of nitrogens with two attached hydrogens (primary N) is 2. The molecule has 0 spiro atoms. The fourth-order valence-corrected chi connectivity index (χ4v) is 4.94. The Labute approximate surface area is 256 Å². The minimum absolute atomic E-state index is 0.0308. The maximum Gasteiger partial charge on any atom is 0.220 e. The number of aliphatic hydroxyl groups excluding tert-OH is 1. The second-order valence-corrected chi connectivity index (χ2v) is 10.7. The van der Waals surface area contributed by atoms with Crippen LogP contribution in [0, 0.1) is 0 Å². The number of aliphatic hydroxyl groups is 1. The lowest BCUT2D eigenvalue weighted by Crippen LogP contribution is -2.65. The Morgan fingerprint density at radius 3 is 2.30 bits per heavy atom. The highest BCUT2D eigenvalue weighted by molar-refractivity contribution is 6.30. The number of nitrogens with one attached hydrogen (secondary N) is 1. The topological polar surface area (TPSA) is 151 Å². The van der Waals surface area contributed by atoms with Gasteiger partial charge in [-0.1, -0.05) is 78.3 Å². The van der Waals surface area contributed by atoms with Gasteiger partial charge in [0.2, 0.25) is 5.91 Å². The number of halogens is 1. The Hall–Kier alpha value is -3.51. The van der Waals surface area contributed by atoms with Crippen LogP contribution in [-0.4, -0.2) is 67.9 Å². The van der Waals surface area contributed by atoms with E-state index < -0.39 is 30.6 Å². The maximum absolute atomic E-state index is 12.8. The molecule has 4 rings (SSSR count). The molecule has 1 aliphatic heterocycles. The van der Waals surface area contributed by atoms with Crippen LogP contribution in [0.15, 0.2) is 83.9 Å². The lowest BCUT2D eigenvalue weighted by Gasteiger charge is -2.44.